The first kappa shape index (κ1) is 27.0. The largest absolute Gasteiger partial charge is 0.477 e. The smallest absolute Gasteiger partial charge is 0.352 e. The SMILES string of the molecule is CO/N=C(\C(=O)N[C@H]1CSC/C(CSc2nc(=O)c(=O)[nH]n2C)=C(/C(=O)O)NC1=O)c1csc(N)n1. The van der Waals surface area contributed by atoms with Gasteiger partial charge in [-0.1, -0.05) is 16.9 Å². The Morgan fingerprint density at radius 1 is 1.39 bits per heavy atom. The molecule has 0 saturated carbocycles. The van der Waals surface area contributed by atoms with Gasteiger partial charge in [0.2, 0.25) is 5.91 Å². The van der Waals surface area contributed by atoms with Crippen LogP contribution in [-0.2, 0) is 26.3 Å². The van der Waals surface area contributed by atoms with Crippen LogP contribution in [0.4, 0.5) is 5.13 Å². The molecule has 15 nitrogen and oxygen atoms in total. The Hall–Kier alpha value is -3.64. The van der Waals surface area contributed by atoms with E-state index in [-0.39, 0.29) is 44.6 Å². The second-order valence-corrected chi connectivity index (χ2v) is 9.86. The lowest BCUT2D eigenvalue weighted by molar-refractivity contribution is -0.135. The zero-order chi connectivity index (χ0) is 26.4. The first-order valence-electron chi connectivity index (χ1n) is 9.88. The summed E-state index contributed by atoms with van der Waals surface area (Å²) in [5, 5.41) is 22.4. The van der Waals surface area contributed by atoms with Crippen LogP contribution in [0.1, 0.15) is 5.69 Å². The fourth-order valence-electron chi connectivity index (χ4n) is 2.83. The van der Waals surface area contributed by atoms with Crippen molar-refractivity contribution in [3.05, 3.63) is 43.1 Å². The van der Waals surface area contributed by atoms with Crippen LogP contribution in [0.3, 0.4) is 0 Å². The molecule has 0 bridgehead atoms. The number of oxime groups is 1. The third-order valence-electron chi connectivity index (χ3n) is 4.48. The Balaban J connectivity index is 1.77. The fraction of sp³-hybridized carbons (Fsp3) is 0.333. The molecule has 192 valence electrons. The number of aromatic amines is 1. The van der Waals surface area contributed by atoms with Gasteiger partial charge in [-0.25, -0.2) is 9.78 Å². The average Bonchev–Trinajstić information content (AvgIpc) is 3.24. The molecule has 1 atom stereocenters. The molecular formula is C18H20N8O7S3. The molecule has 36 heavy (non-hydrogen) atoms. The Labute approximate surface area is 214 Å². The molecule has 3 heterocycles. The highest BCUT2D eigenvalue weighted by Crippen LogP contribution is 2.23. The van der Waals surface area contributed by atoms with Crippen LogP contribution in [0.25, 0.3) is 0 Å². The lowest BCUT2D eigenvalue weighted by atomic mass is 10.2. The summed E-state index contributed by atoms with van der Waals surface area (Å²) in [5.41, 5.74) is 3.72. The number of thioether (sulfide) groups is 2. The van der Waals surface area contributed by atoms with Crippen molar-refractivity contribution in [2.75, 3.05) is 30.1 Å². The summed E-state index contributed by atoms with van der Waals surface area (Å²) in [6.45, 7) is 0. The maximum atomic E-state index is 12.8. The van der Waals surface area contributed by atoms with Crippen LogP contribution in [0.5, 0.6) is 0 Å². The topological polar surface area (TPSA) is 224 Å². The van der Waals surface area contributed by atoms with E-state index in [0.717, 1.165) is 23.1 Å². The predicted molar refractivity (Wildman–Crippen MR) is 133 cm³/mol. The molecule has 2 aromatic rings. The van der Waals surface area contributed by atoms with Crippen molar-refractivity contribution in [2.24, 2.45) is 12.2 Å². The lowest BCUT2D eigenvalue weighted by Crippen LogP contribution is -2.51. The summed E-state index contributed by atoms with van der Waals surface area (Å²) in [4.78, 5) is 72.9. The van der Waals surface area contributed by atoms with E-state index in [2.05, 4.69) is 30.9 Å². The van der Waals surface area contributed by atoms with Gasteiger partial charge in [-0.15, -0.1) is 11.3 Å². The average molecular weight is 557 g/mol. The number of aliphatic carboxylic acids is 1. The number of carbonyl (C=O) groups is 3. The minimum absolute atomic E-state index is 0.0636. The quantitative estimate of drug-likeness (QED) is 0.107. The molecule has 18 heteroatoms. The molecule has 0 aromatic carbocycles. The molecule has 0 aliphatic carbocycles. The first-order chi connectivity index (χ1) is 17.1. The molecule has 3 rings (SSSR count). The Morgan fingerprint density at radius 3 is 2.78 bits per heavy atom. The number of anilines is 1. The Bertz CT molecular complexity index is 1360. The van der Waals surface area contributed by atoms with Gasteiger partial charge in [-0.3, -0.25) is 29.0 Å². The summed E-state index contributed by atoms with van der Waals surface area (Å²) < 4.78 is 1.24. The van der Waals surface area contributed by atoms with E-state index in [1.807, 2.05) is 0 Å². The van der Waals surface area contributed by atoms with E-state index < -0.39 is 34.9 Å². The van der Waals surface area contributed by atoms with Crippen molar-refractivity contribution in [2.45, 2.75) is 11.2 Å². The van der Waals surface area contributed by atoms with E-state index in [0.29, 0.717) is 5.57 Å². The number of nitrogens with zero attached hydrogens (tertiary/aromatic N) is 4. The lowest BCUT2D eigenvalue weighted by Gasteiger charge is -2.23. The summed E-state index contributed by atoms with van der Waals surface area (Å²) >= 11 is 3.33. The Morgan fingerprint density at radius 2 is 2.14 bits per heavy atom. The molecule has 2 aromatic heterocycles. The number of aromatic nitrogens is 4. The summed E-state index contributed by atoms with van der Waals surface area (Å²) in [5.74, 6) is -2.51. The second-order valence-electron chi connectivity index (χ2n) is 7.00. The number of hydrogen-bond acceptors (Lipinski definition) is 13. The second kappa shape index (κ2) is 11.9. The Kier molecular flexibility index (Phi) is 8.88. The van der Waals surface area contributed by atoms with Crippen molar-refractivity contribution in [1.29, 1.82) is 0 Å². The van der Waals surface area contributed by atoms with Crippen molar-refractivity contribution in [3.63, 3.8) is 0 Å². The number of nitrogens with one attached hydrogen (secondary N) is 3. The van der Waals surface area contributed by atoms with Gasteiger partial charge in [0.25, 0.3) is 5.91 Å². The highest BCUT2D eigenvalue weighted by atomic mass is 32.2. The van der Waals surface area contributed by atoms with Gasteiger partial charge in [0.1, 0.15) is 24.5 Å². The van der Waals surface area contributed by atoms with Gasteiger partial charge >= 0.3 is 17.1 Å². The highest BCUT2D eigenvalue weighted by Gasteiger charge is 2.30. The zero-order valence-electron chi connectivity index (χ0n) is 18.8. The minimum atomic E-state index is -1.38. The normalized spacial score (nSPS) is 18.7. The van der Waals surface area contributed by atoms with Crippen molar-refractivity contribution in [3.8, 4) is 0 Å². The monoisotopic (exact) mass is 556 g/mol. The van der Waals surface area contributed by atoms with Crippen molar-refractivity contribution in [1.82, 2.24) is 30.4 Å². The van der Waals surface area contributed by atoms with E-state index in [1.54, 1.807) is 0 Å². The molecule has 0 radical (unpaired) electrons. The predicted octanol–water partition coefficient (Wildman–Crippen LogP) is -1.66. The number of carbonyl (C=O) groups excluding carboxylic acids is 2. The third-order valence-corrected chi connectivity index (χ3v) is 7.40. The van der Waals surface area contributed by atoms with Gasteiger partial charge < -0.3 is 26.3 Å². The molecule has 1 aliphatic rings. The zero-order valence-corrected chi connectivity index (χ0v) is 21.2. The molecule has 0 unspecified atom stereocenters. The summed E-state index contributed by atoms with van der Waals surface area (Å²) in [6, 6.07) is -1.09. The summed E-state index contributed by atoms with van der Waals surface area (Å²) in [6.07, 6.45) is 0. The van der Waals surface area contributed by atoms with Gasteiger partial charge in [0.15, 0.2) is 16.0 Å². The minimum Gasteiger partial charge on any atom is -0.477 e. The van der Waals surface area contributed by atoms with Gasteiger partial charge in [0, 0.05) is 29.7 Å². The number of aryl methyl sites for hydroxylation is 1. The van der Waals surface area contributed by atoms with Crippen LogP contribution in [0.2, 0.25) is 0 Å². The molecule has 0 spiro atoms. The van der Waals surface area contributed by atoms with E-state index in [1.165, 1.54) is 36.0 Å². The number of H-pyrrole nitrogens is 1. The third kappa shape index (κ3) is 6.52. The van der Waals surface area contributed by atoms with Crippen LogP contribution in [-0.4, -0.2) is 78.8 Å². The van der Waals surface area contributed by atoms with E-state index in [9.17, 15) is 29.1 Å². The number of amides is 2. The number of thiazole rings is 1. The van der Waals surface area contributed by atoms with Crippen molar-refractivity contribution >= 4 is 63.5 Å². The van der Waals surface area contributed by atoms with E-state index in [4.69, 9.17) is 10.6 Å². The maximum absolute atomic E-state index is 12.8. The van der Waals surface area contributed by atoms with E-state index >= 15 is 0 Å². The van der Waals surface area contributed by atoms with Gasteiger partial charge in [-0.05, 0) is 5.57 Å². The maximum Gasteiger partial charge on any atom is 0.352 e. The van der Waals surface area contributed by atoms with Crippen molar-refractivity contribution < 1.29 is 24.3 Å². The number of carboxylic acids is 1. The molecule has 1 aliphatic heterocycles. The van der Waals surface area contributed by atoms with Crippen LogP contribution < -0.4 is 27.5 Å². The number of nitrogen functional groups attached to an aromatic ring is 1. The first-order valence-corrected chi connectivity index (χ1v) is 12.9. The number of rotatable bonds is 8. The highest BCUT2D eigenvalue weighted by molar-refractivity contribution is 8.00. The summed E-state index contributed by atoms with van der Waals surface area (Å²) in [7, 11) is 2.72. The molecule has 0 saturated heterocycles. The number of carboxylic acid groups (broad SMARTS) is 1. The van der Waals surface area contributed by atoms with Crippen LogP contribution in [0.15, 0.2) is 36.6 Å². The molecule has 0 fully saturated rings. The standard InChI is InChI=1S/C18H20N8O7S3/c1-26-18(23-14(29)15(30)24-26)36-4-7-3-34-5-9(12(27)22-10(7)16(31)32)20-13(28)11(25-33-2)8-6-35-17(19)21-8/h6,9H,3-5H2,1-2H3,(H2,19,21)(H,20,28)(H,22,27)(H,24,30)(H,31,32)/b10-7+,25-11-/t9-/m0/s1. The molecule has 6 N–H and O–H groups in total. The number of nitrogens with two attached hydrogens (primary N) is 1. The van der Waals surface area contributed by atoms with Gasteiger partial charge in [0.05, 0.1) is 0 Å². The van der Waals surface area contributed by atoms with Gasteiger partial charge in [-0.2, -0.15) is 16.7 Å². The molecule has 2 amide bonds. The van der Waals surface area contributed by atoms with Crippen LogP contribution in [0, 0.1) is 0 Å². The number of hydrogen-bond donors (Lipinski definition) is 5. The molecular weight excluding hydrogens is 536 g/mol. The fourth-order valence-corrected chi connectivity index (χ4v) is 5.53. The van der Waals surface area contributed by atoms with Crippen LogP contribution >= 0.6 is 34.9 Å².